The van der Waals surface area contributed by atoms with Crippen LogP contribution in [-0.4, -0.2) is 9.97 Å². The predicted octanol–water partition coefficient (Wildman–Crippen LogP) is 8.69. The molecule has 4 aromatic carbocycles. The van der Waals surface area contributed by atoms with Crippen LogP contribution in [0.3, 0.4) is 0 Å². The normalized spacial score (nSPS) is 10.4. The average Bonchev–Trinajstić information content (AvgIpc) is 3.54. The fourth-order valence-electron chi connectivity index (χ4n) is 2.71. The van der Waals surface area contributed by atoms with Crippen molar-refractivity contribution in [2.45, 2.75) is 0 Å². The van der Waals surface area contributed by atoms with Crippen LogP contribution in [0.25, 0.3) is 20.4 Å². The first-order valence-corrected chi connectivity index (χ1v) is 11.7. The second-order valence-electron chi connectivity index (χ2n) is 6.51. The van der Waals surface area contributed by atoms with E-state index >= 15 is 0 Å². The van der Waals surface area contributed by atoms with Crippen LogP contribution in [0.5, 0.6) is 0 Å². The summed E-state index contributed by atoms with van der Waals surface area (Å²) < 4.78 is 2.52. The van der Waals surface area contributed by atoms with E-state index in [1.165, 1.54) is 9.40 Å². The van der Waals surface area contributed by atoms with Crippen LogP contribution in [0.1, 0.15) is 0 Å². The van der Waals surface area contributed by atoms with Gasteiger partial charge >= 0.3 is 0 Å². The van der Waals surface area contributed by atoms with Gasteiger partial charge in [-0.2, -0.15) is 10.2 Å². The molecule has 6 rings (SSSR count). The van der Waals surface area contributed by atoms with Crippen molar-refractivity contribution >= 4 is 54.5 Å². The van der Waals surface area contributed by atoms with E-state index < -0.39 is 0 Å². The summed E-state index contributed by atoms with van der Waals surface area (Å²) in [5.41, 5.74) is 7.67. The molecule has 0 aliphatic rings. The molecule has 0 fully saturated rings. The highest BCUT2D eigenvalue weighted by atomic mass is 32.1. The van der Waals surface area contributed by atoms with Crippen molar-refractivity contribution in [3.05, 3.63) is 120 Å². The van der Waals surface area contributed by atoms with E-state index in [0.717, 1.165) is 22.4 Å². The minimum atomic E-state index is 0.872. The van der Waals surface area contributed by atoms with Crippen LogP contribution in [0.4, 0.5) is 11.4 Å². The number of fused-ring (bicyclic) bond motifs is 2. The van der Waals surface area contributed by atoms with Crippen LogP contribution in [-0.2, 0) is 0 Å². The molecule has 0 unspecified atom stereocenters. The Morgan fingerprint density at radius 2 is 0.812 bits per heavy atom. The molecule has 0 spiro atoms. The van der Waals surface area contributed by atoms with Crippen molar-refractivity contribution in [1.82, 2.24) is 9.97 Å². The van der Waals surface area contributed by atoms with Gasteiger partial charge < -0.3 is 0 Å². The number of azo groups is 1. The molecule has 0 saturated carbocycles. The zero-order valence-corrected chi connectivity index (χ0v) is 18.8. The van der Waals surface area contributed by atoms with Crippen LogP contribution in [0.15, 0.2) is 130 Å². The summed E-state index contributed by atoms with van der Waals surface area (Å²) in [4.78, 5) is 8.27. The molecule has 2 aromatic heterocycles. The van der Waals surface area contributed by atoms with Gasteiger partial charge in [0.1, 0.15) is 0 Å². The van der Waals surface area contributed by atoms with Gasteiger partial charge in [0.05, 0.1) is 42.8 Å². The third-order valence-electron chi connectivity index (χ3n) is 4.27. The molecule has 0 radical (unpaired) electrons. The number of nitrogens with zero attached hydrogens (tertiary/aromatic N) is 4. The summed E-state index contributed by atoms with van der Waals surface area (Å²) in [5.74, 6) is 0. The van der Waals surface area contributed by atoms with Gasteiger partial charge in [-0.15, -0.1) is 22.7 Å². The van der Waals surface area contributed by atoms with E-state index in [-0.39, 0.29) is 0 Å². The molecule has 156 valence electrons. The Morgan fingerprint density at radius 1 is 0.438 bits per heavy atom. The average molecular weight is 453 g/mol. The summed E-state index contributed by atoms with van der Waals surface area (Å²) in [7, 11) is 0. The Morgan fingerprint density at radius 3 is 1.22 bits per heavy atom. The molecule has 32 heavy (non-hydrogen) atoms. The molecule has 6 aromatic rings. The maximum Gasteiger partial charge on any atom is 0.0857 e. The van der Waals surface area contributed by atoms with Crippen molar-refractivity contribution in [2.24, 2.45) is 10.2 Å². The Hall–Kier alpha value is -3.74. The molecule has 6 heteroatoms. The first-order chi connectivity index (χ1) is 15.9. The second-order valence-corrected chi connectivity index (χ2v) is 8.28. The lowest BCUT2D eigenvalue weighted by Crippen LogP contribution is -1.62. The van der Waals surface area contributed by atoms with Gasteiger partial charge in [-0.25, -0.2) is 9.97 Å². The van der Waals surface area contributed by atoms with E-state index in [1.54, 1.807) is 22.7 Å². The van der Waals surface area contributed by atoms with Gasteiger partial charge in [0.25, 0.3) is 0 Å². The molecule has 0 bridgehead atoms. The van der Waals surface area contributed by atoms with E-state index in [4.69, 9.17) is 0 Å². The van der Waals surface area contributed by atoms with Gasteiger partial charge in [-0.3, -0.25) is 0 Å². The largest absolute Gasteiger partial charge is 0.245 e. The Balaban J connectivity index is 0.000000119. The monoisotopic (exact) mass is 452 g/mol. The molecule has 2 heterocycles. The number of benzene rings is 4. The minimum Gasteiger partial charge on any atom is -0.245 e. The topological polar surface area (TPSA) is 50.5 Å². The van der Waals surface area contributed by atoms with Gasteiger partial charge in [-0.05, 0) is 48.5 Å². The van der Waals surface area contributed by atoms with Crippen molar-refractivity contribution in [3.63, 3.8) is 0 Å². The van der Waals surface area contributed by atoms with E-state index in [9.17, 15) is 0 Å². The zero-order valence-electron chi connectivity index (χ0n) is 17.2. The summed E-state index contributed by atoms with van der Waals surface area (Å²) in [6.45, 7) is 0. The molecule has 0 aliphatic heterocycles. The predicted molar refractivity (Wildman–Crippen MR) is 136 cm³/mol. The number of hydrogen-bond donors (Lipinski definition) is 0. The highest BCUT2D eigenvalue weighted by Crippen LogP contribution is 2.17. The van der Waals surface area contributed by atoms with Gasteiger partial charge in [0.15, 0.2) is 0 Å². The molecule has 0 atom stereocenters. The van der Waals surface area contributed by atoms with Crippen LogP contribution in [0.2, 0.25) is 0 Å². The van der Waals surface area contributed by atoms with Crippen LogP contribution in [0, 0.1) is 0 Å². The molecule has 0 saturated heterocycles. The first kappa shape index (κ1) is 21.5. The number of aromatic nitrogens is 2. The molecule has 0 amide bonds. The number of rotatable bonds is 2. The van der Waals surface area contributed by atoms with E-state index in [0.29, 0.717) is 0 Å². The zero-order chi connectivity index (χ0) is 21.8. The van der Waals surface area contributed by atoms with Crippen LogP contribution >= 0.6 is 22.7 Å². The lowest BCUT2D eigenvalue weighted by atomic mass is 10.3. The third-order valence-corrected chi connectivity index (χ3v) is 5.89. The molecule has 0 aliphatic carbocycles. The standard InChI is InChI=1S/C12H10N2.2C7H5NS/c1-3-7-11(8-4-1)13-14-12-9-5-2-6-10-12;2*1-2-4-7-6(3-1)8-5-9-7/h1-10H;2*1-5H. The summed E-state index contributed by atoms with van der Waals surface area (Å²) >= 11 is 3.35. The lowest BCUT2D eigenvalue weighted by Gasteiger charge is -1.91. The van der Waals surface area contributed by atoms with Crippen molar-refractivity contribution in [3.8, 4) is 0 Å². The van der Waals surface area contributed by atoms with Gasteiger partial charge in [0, 0.05) is 0 Å². The highest BCUT2D eigenvalue weighted by Gasteiger charge is 1.90. The Kier molecular flexibility index (Phi) is 7.79. The van der Waals surface area contributed by atoms with Crippen molar-refractivity contribution < 1.29 is 0 Å². The smallest absolute Gasteiger partial charge is 0.0857 e. The number of thiazole rings is 2. The summed E-state index contributed by atoms with van der Waals surface area (Å²) in [6, 6.07) is 35.6. The molecule has 0 N–H and O–H groups in total. The van der Waals surface area contributed by atoms with Gasteiger partial charge in [-0.1, -0.05) is 60.7 Å². The fourth-order valence-corrected chi connectivity index (χ4v) is 4.07. The first-order valence-electron chi connectivity index (χ1n) is 9.97. The maximum absolute atomic E-state index is 4.14. The quantitative estimate of drug-likeness (QED) is 0.247. The number of hydrogen-bond acceptors (Lipinski definition) is 6. The van der Waals surface area contributed by atoms with Crippen molar-refractivity contribution in [2.75, 3.05) is 0 Å². The Bertz CT molecular complexity index is 1210. The SMILES string of the molecule is c1ccc(N=Nc2ccccc2)cc1.c1ccc2scnc2c1.c1ccc2scnc2c1. The molecular weight excluding hydrogens is 432 g/mol. The van der Waals surface area contributed by atoms with Gasteiger partial charge in [0.2, 0.25) is 0 Å². The molecule has 4 nitrogen and oxygen atoms in total. The van der Waals surface area contributed by atoms with E-state index in [1.807, 2.05) is 108 Å². The minimum absolute atomic E-state index is 0.872. The second kappa shape index (κ2) is 11.6. The Labute approximate surface area is 194 Å². The van der Waals surface area contributed by atoms with Crippen molar-refractivity contribution in [1.29, 1.82) is 0 Å². The fraction of sp³-hybridized carbons (Fsp3) is 0. The maximum atomic E-state index is 4.14. The van der Waals surface area contributed by atoms with E-state index in [2.05, 4.69) is 32.3 Å². The summed E-state index contributed by atoms with van der Waals surface area (Å²) in [5, 5.41) is 8.20. The summed E-state index contributed by atoms with van der Waals surface area (Å²) in [6.07, 6.45) is 0. The molecular formula is C26H20N4S2. The van der Waals surface area contributed by atoms with Crippen LogP contribution < -0.4 is 0 Å². The number of para-hydroxylation sites is 2. The highest BCUT2D eigenvalue weighted by molar-refractivity contribution is 7.17. The third kappa shape index (κ3) is 6.38. The lowest BCUT2D eigenvalue weighted by molar-refractivity contribution is 1.23.